The molecule has 0 aliphatic heterocycles. The Morgan fingerprint density at radius 3 is 2.44 bits per heavy atom. The zero-order chi connectivity index (χ0) is 11.5. The van der Waals surface area contributed by atoms with Crippen LogP contribution < -0.4 is 0 Å². The molecule has 2 nitrogen and oxygen atoms in total. The summed E-state index contributed by atoms with van der Waals surface area (Å²) in [7, 11) is 3.84. The molecule has 82 valence electrons. The average Bonchev–Trinajstić information content (AvgIpc) is 2.30. The predicted molar refractivity (Wildman–Crippen MR) is 66.4 cm³/mol. The van der Waals surface area contributed by atoms with Gasteiger partial charge in [0.05, 0.1) is 6.04 Å². The van der Waals surface area contributed by atoms with Crippen molar-refractivity contribution in [1.82, 2.24) is 4.90 Å². The minimum atomic E-state index is -0.175. The van der Waals surface area contributed by atoms with E-state index in [1.54, 1.807) is 0 Å². The van der Waals surface area contributed by atoms with Gasteiger partial charge in [0.2, 0.25) is 0 Å². The maximum absolute atomic E-state index is 11.1. The van der Waals surface area contributed by atoms with Crippen LogP contribution in [0.4, 0.5) is 0 Å². The summed E-state index contributed by atoms with van der Waals surface area (Å²) in [4.78, 5) is 13.1. The normalized spacial score (nSPS) is 12.9. The lowest BCUT2D eigenvalue weighted by Gasteiger charge is -2.20. The first-order valence-corrected chi connectivity index (χ1v) is 5.33. The van der Waals surface area contributed by atoms with Crippen LogP contribution in [0.15, 0.2) is 42.5 Å². The van der Waals surface area contributed by atoms with Crippen LogP contribution in [0, 0.1) is 0 Å². The summed E-state index contributed by atoms with van der Waals surface area (Å²) in [5.74, 6) is 0. The molecule has 2 heteroatoms. The van der Waals surface area contributed by atoms with Crippen molar-refractivity contribution in [1.29, 1.82) is 0 Å². The summed E-state index contributed by atoms with van der Waals surface area (Å²) in [5.41, 5.74) is 1.07. The lowest BCUT2D eigenvalue weighted by Crippen LogP contribution is -2.21. The van der Waals surface area contributed by atoms with Crippen molar-refractivity contribution in [2.24, 2.45) is 0 Å². The summed E-state index contributed by atoms with van der Waals surface area (Å²) < 4.78 is 0. The van der Waals surface area contributed by atoms with E-state index in [1.807, 2.05) is 43.3 Å². The number of carbonyl (C=O) groups is 1. The topological polar surface area (TPSA) is 20.3 Å². The van der Waals surface area contributed by atoms with Crippen molar-refractivity contribution in [2.45, 2.75) is 6.04 Å². The highest BCUT2D eigenvalue weighted by molar-refractivity contribution is 5.88. The molecule has 2 aromatic rings. The Morgan fingerprint density at radius 1 is 1.06 bits per heavy atom. The van der Waals surface area contributed by atoms with Crippen molar-refractivity contribution >= 4 is 17.1 Å². The molecule has 0 saturated carbocycles. The third-order valence-electron chi connectivity index (χ3n) is 2.83. The maximum Gasteiger partial charge on any atom is 0.141 e. The van der Waals surface area contributed by atoms with Crippen LogP contribution in [0.5, 0.6) is 0 Å². The van der Waals surface area contributed by atoms with Crippen molar-refractivity contribution in [3.63, 3.8) is 0 Å². The number of fused-ring (bicyclic) bond motifs is 1. The minimum Gasteiger partial charge on any atom is -0.301 e. The highest BCUT2D eigenvalue weighted by Gasteiger charge is 2.14. The van der Waals surface area contributed by atoms with Gasteiger partial charge in [0.25, 0.3) is 0 Å². The first-order valence-electron chi connectivity index (χ1n) is 5.33. The van der Waals surface area contributed by atoms with Crippen molar-refractivity contribution < 1.29 is 4.79 Å². The third kappa shape index (κ3) is 1.84. The van der Waals surface area contributed by atoms with Gasteiger partial charge in [-0.2, -0.15) is 0 Å². The van der Waals surface area contributed by atoms with Crippen LogP contribution in [-0.2, 0) is 4.79 Å². The first kappa shape index (κ1) is 10.8. The van der Waals surface area contributed by atoms with E-state index in [4.69, 9.17) is 0 Å². The molecule has 1 unspecified atom stereocenters. The lowest BCUT2D eigenvalue weighted by atomic mass is 9.99. The number of carbonyl (C=O) groups excluding carboxylic acids is 1. The van der Waals surface area contributed by atoms with Crippen molar-refractivity contribution in [2.75, 3.05) is 14.1 Å². The second kappa shape index (κ2) is 4.45. The third-order valence-corrected chi connectivity index (χ3v) is 2.83. The molecule has 0 aliphatic rings. The number of rotatable bonds is 3. The SMILES string of the molecule is CN(C)C(C=O)c1cccc2ccccc12. The van der Waals surface area contributed by atoms with Gasteiger partial charge in [0.15, 0.2) is 0 Å². The summed E-state index contributed by atoms with van der Waals surface area (Å²) in [6.07, 6.45) is 0.988. The summed E-state index contributed by atoms with van der Waals surface area (Å²) >= 11 is 0. The first-order chi connectivity index (χ1) is 7.74. The highest BCUT2D eigenvalue weighted by Crippen LogP contribution is 2.25. The molecule has 0 fully saturated rings. The zero-order valence-electron chi connectivity index (χ0n) is 9.55. The van der Waals surface area contributed by atoms with Crippen molar-refractivity contribution in [3.8, 4) is 0 Å². The number of nitrogens with zero attached hydrogens (tertiary/aromatic N) is 1. The Hall–Kier alpha value is -1.67. The summed E-state index contributed by atoms with van der Waals surface area (Å²) in [5, 5.41) is 2.32. The number of benzene rings is 2. The van der Waals surface area contributed by atoms with Gasteiger partial charge in [0, 0.05) is 0 Å². The molecule has 0 heterocycles. The summed E-state index contributed by atoms with van der Waals surface area (Å²) in [6, 6.07) is 14.0. The van der Waals surface area contributed by atoms with Crippen LogP contribution in [0.2, 0.25) is 0 Å². The van der Waals surface area contributed by atoms with E-state index in [-0.39, 0.29) is 6.04 Å². The molecule has 0 radical (unpaired) electrons. The number of aldehydes is 1. The molecule has 0 bridgehead atoms. The average molecular weight is 213 g/mol. The fourth-order valence-electron chi connectivity index (χ4n) is 1.98. The highest BCUT2D eigenvalue weighted by atomic mass is 16.1. The molecule has 16 heavy (non-hydrogen) atoms. The molecular formula is C14H15NO. The maximum atomic E-state index is 11.1. The van der Waals surface area contributed by atoms with E-state index >= 15 is 0 Å². The van der Waals surface area contributed by atoms with Crippen LogP contribution >= 0.6 is 0 Å². The van der Waals surface area contributed by atoms with Gasteiger partial charge >= 0.3 is 0 Å². The minimum absolute atomic E-state index is 0.175. The zero-order valence-corrected chi connectivity index (χ0v) is 9.55. The molecule has 0 N–H and O–H groups in total. The van der Waals surface area contributed by atoms with E-state index in [2.05, 4.69) is 18.2 Å². The van der Waals surface area contributed by atoms with E-state index in [0.717, 1.165) is 17.2 Å². The number of hydrogen-bond donors (Lipinski definition) is 0. The fourth-order valence-corrected chi connectivity index (χ4v) is 1.98. The number of likely N-dealkylation sites (N-methyl/N-ethyl adjacent to an activating group) is 1. The molecule has 0 aromatic heterocycles. The Labute approximate surface area is 95.5 Å². The Bertz CT molecular complexity index is 500. The van der Waals surface area contributed by atoms with Gasteiger partial charge in [-0.05, 0) is 30.4 Å². The molecule has 0 aliphatic carbocycles. The van der Waals surface area contributed by atoms with E-state index in [1.165, 1.54) is 5.39 Å². The van der Waals surface area contributed by atoms with E-state index < -0.39 is 0 Å². The standard InChI is InChI=1S/C14H15NO/c1-15(2)14(10-16)13-9-5-7-11-6-3-4-8-12(11)13/h3-10,14H,1-2H3. The monoisotopic (exact) mass is 213 g/mol. The van der Waals surface area contributed by atoms with Gasteiger partial charge in [-0.1, -0.05) is 42.5 Å². The Morgan fingerprint density at radius 2 is 1.75 bits per heavy atom. The fraction of sp³-hybridized carbons (Fsp3) is 0.214. The van der Waals surface area contributed by atoms with Crippen LogP contribution in [-0.4, -0.2) is 25.3 Å². The Kier molecular flexibility index (Phi) is 3.02. The summed E-state index contributed by atoms with van der Waals surface area (Å²) in [6.45, 7) is 0. The van der Waals surface area contributed by atoms with Gasteiger partial charge < -0.3 is 4.79 Å². The van der Waals surface area contributed by atoms with Crippen molar-refractivity contribution in [3.05, 3.63) is 48.0 Å². The second-order valence-electron chi connectivity index (χ2n) is 4.11. The lowest BCUT2D eigenvalue weighted by molar-refractivity contribution is -0.111. The number of hydrogen-bond acceptors (Lipinski definition) is 2. The van der Waals surface area contributed by atoms with Gasteiger partial charge in [-0.3, -0.25) is 4.90 Å². The largest absolute Gasteiger partial charge is 0.301 e. The van der Waals surface area contributed by atoms with Gasteiger partial charge in [0.1, 0.15) is 6.29 Å². The van der Waals surface area contributed by atoms with Crippen LogP contribution in [0.1, 0.15) is 11.6 Å². The van der Waals surface area contributed by atoms with Crippen LogP contribution in [0.25, 0.3) is 10.8 Å². The molecule has 0 saturated heterocycles. The molecule has 0 amide bonds. The van der Waals surface area contributed by atoms with Crippen LogP contribution in [0.3, 0.4) is 0 Å². The molecule has 2 rings (SSSR count). The quantitative estimate of drug-likeness (QED) is 0.730. The Balaban J connectivity index is 2.63. The van der Waals surface area contributed by atoms with Gasteiger partial charge in [-0.15, -0.1) is 0 Å². The smallest absolute Gasteiger partial charge is 0.141 e. The molecule has 2 aromatic carbocycles. The van der Waals surface area contributed by atoms with E-state index in [0.29, 0.717) is 0 Å². The van der Waals surface area contributed by atoms with Gasteiger partial charge in [-0.25, -0.2) is 0 Å². The molecular weight excluding hydrogens is 198 g/mol. The predicted octanol–water partition coefficient (Wildman–Crippen LogP) is 2.64. The molecule has 0 spiro atoms. The van der Waals surface area contributed by atoms with E-state index in [9.17, 15) is 4.79 Å². The molecule has 1 atom stereocenters. The second-order valence-corrected chi connectivity index (χ2v) is 4.11.